The van der Waals surface area contributed by atoms with Crippen LogP contribution in [0, 0.1) is 0 Å². The molecule has 0 aliphatic heterocycles. The van der Waals surface area contributed by atoms with Crippen LogP contribution in [0.5, 0.6) is 0 Å². The van der Waals surface area contributed by atoms with E-state index in [1.54, 1.807) is 13.8 Å². The molecule has 0 spiro atoms. The average Bonchev–Trinajstić information content (AvgIpc) is 2.34. The molecule has 0 heterocycles. The fourth-order valence-electron chi connectivity index (χ4n) is 0.625. The van der Waals surface area contributed by atoms with E-state index < -0.39 is 0 Å². The molecule has 1 N–H and O–H groups in total. The number of hydrogen-bond donors (Lipinski definition) is 1. The van der Waals surface area contributed by atoms with Gasteiger partial charge in [0.05, 0.1) is 13.7 Å². The van der Waals surface area contributed by atoms with Crippen LogP contribution in [0.15, 0.2) is 23.3 Å². The molecule has 0 rings (SSSR count). The van der Waals surface area contributed by atoms with Crippen LogP contribution >= 0.6 is 0 Å². The molecule has 0 aromatic heterocycles. The number of carbonyl (C=O) groups excluding carboxylic acids is 2. The first-order valence-electron chi connectivity index (χ1n) is 5.43. The second kappa shape index (κ2) is 10.5. The second-order valence-corrected chi connectivity index (χ2v) is 3.76. The third-order valence-corrected chi connectivity index (χ3v) is 1.91. The fourth-order valence-corrected chi connectivity index (χ4v) is 0.625. The van der Waals surface area contributed by atoms with Crippen molar-refractivity contribution < 1.29 is 24.2 Å². The quantitative estimate of drug-likeness (QED) is 0.612. The van der Waals surface area contributed by atoms with Crippen molar-refractivity contribution in [3.05, 3.63) is 23.3 Å². The second-order valence-electron chi connectivity index (χ2n) is 3.76. The van der Waals surface area contributed by atoms with E-state index in [0.29, 0.717) is 11.1 Å². The molecule has 0 unspecified atom stereocenters. The standard InChI is InChI=1S/C8H14O3.C5H8O2/c1-6(2)7(3)8(10)11-5-4-9;1-4(2)5(6)7-3/h9H,4-5H2,1-3H3;1H2,2-3H3. The monoisotopic (exact) mass is 258 g/mol. The van der Waals surface area contributed by atoms with Crippen LogP contribution in [-0.4, -0.2) is 37.4 Å². The van der Waals surface area contributed by atoms with Gasteiger partial charge in [-0.3, -0.25) is 0 Å². The number of rotatable bonds is 4. The molecular weight excluding hydrogens is 236 g/mol. The zero-order valence-electron chi connectivity index (χ0n) is 11.7. The molecule has 5 nitrogen and oxygen atoms in total. The average molecular weight is 258 g/mol. The summed E-state index contributed by atoms with van der Waals surface area (Å²) < 4.78 is 8.94. The lowest BCUT2D eigenvalue weighted by molar-refractivity contribution is -0.140. The van der Waals surface area contributed by atoms with Crippen LogP contribution in [0.25, 0.3) is 0 Å². The largest absolute Gasteiger partial charge is 0.466 e. The molecule has 0 saturated carbocycles. The molecule has 0 bridgehead atoms. The number of aliphatic hydroxyl groups is 1. The summed E-state index contributed by atoms with van der Waals surface area (Å²) in [5.74, 6) is -0.695. The van der Waals surface area contributed by atoms with Gasteiger partial charge in [0, 0.05) is 11.1 Å². The minimum absolute atomic E-state index is 0.0729. The first-order valence-corrected chi connectivity index (χ1v) is 5.43. The Morgan fingerprint density at radius 1 is 1.11 bits per heavy atom. The SMILES string of the molecule is C=C(C)C(=O)OC.CC(C)=C(C)C(=O)OCCO. The van der Waals surface area contributed by atoms with E-state index in [9.17, 15) is 9.59 Å². The van der Waals surface area contributed by atoms with Gasteiger partial charge in [0.2, 0.25) is 0 Å². The van der Waals surface area contributed by atoms with Crippen LogP contribution in [0.3, 0.4) is 0 Å². The summed E-state index contributed by atoms with van der Waals surface area (Å²) >= 11 is 0. The number of hydrogen-bond acceptors (Lipinski definition) is 5. The number of carbonyl (C=O) groups is 2. The molecule has 0 aliphatic carbocycles. The molecule has 5 heteroatoms. The van der Waals surface area contributed by atoms with Crippen molar-refractivity contribution in [2.24, 2.45) is 0 Å². The van der Waals surface area contributed by atoms with Crippen LogP contribution < -0.4 is 0 Å². The highest BCUT2D eigenvalue weighted by molar-refractivity contribution is 5.88. The van der Waals surface area contributed by atoms with Crippen molar-refractivity contribution in [2.45, 2.75) is 27.7 Å². The van der Waals surface area contributed by atoms with Crippen molar-refractivity contribution in [1.82, 2.24) is 0 Å². The van der Waals surface area contributed by atoms with Crippen molar-refractivity contribution >= 4 is 11.9 Å². The predicted octanol–water partition coefficient (Wildman–Crippen LogP) is 1.61. The highest BCUT2D eigenvalue weighted by Gasteiger charge is 2.05. The Hall–Kier alpha value is -1.62. The zero-order chi connectivity index (χ0) is 14.7. The Labute approximate surface area is 108 Å². The Kier molecular flexibility index (Phi) is 11.0. The van der Waals surface area contributed by atoms with E-state index in [-0.39, 0.29) is 25.2 Å². The lowest BCUT2D eigenvalue weighted by Gasteiger charge is -2.03. The molecular formula is C13H22O5. The summed E-state index contributed by atoms with van der Waals surface area (Å²) in [4.78, 5) is 21.1. The molecule has 0 aliphatic rings. The van der Waals surface area contributed by atoms with Gasteiger partial charge in [-0.05, 0) is 27.7 Å². The van der Waals surface area contributed by atoms with Crippen molar-refractivity contribution in [3.63, 3.8) is 0 Å². The Bertz CT molecular complexity index is 324. The predicted molar refractivity (Wildman–Crippen MR) is 68.9 cm³/mol. The van der Waals surface area contributed by atoms with Gasteiger partial charge in [0.15, 0.2) is 0 Å². The lowest BCUT2D eigenvalue weighted by atomic mass is 10.2. The van der Waals surface area contributed by atoms with E-state index >= 15 is 0 Å². The first-order chi connectivity index (χ1) is 8.27. The van der Waals surface area contributed by atoms with Crippen molar-refractivity contribution in [2.75, 3.05) is 20.3 Å². The van der Waals surface area contributed by atoms with Gasteiger partial charge in [-0.2, -0.15) is 0 Å². The number of esters is 2. The van der Waals surface area contributed by atoms with Gasteiger partial charge in [0.1, 0.15) is 6.61 Å². The summed E-state index contributed by atoms with van der Waals surface area (Å²) in [5, 5.41) is 8.34. The van der Waals surface area contributed by atoms with E-state index in [2.05, 4.69) is 16.1 Å². The summed E-state index contributed by atoms with van der Waals surface area (Å²) in [5.41, 5.74) is 1.98. The highest BCUT2D eigenvalue weighted by Crippen LogP contribution is 2.03. The van der Waals surface area contributed by atoms with Crippen molar-refractivity contribution in [1.29, 1.82) is 0 Å². The summed E-state index contributed by atoms with van der Waals surface area (Å²) in [6.07, 6.45) is 0. The van der Waals surface area contributed by atoms with Crippen molar-refractivity contribution in [3.8, 4) is 0 Å². The van der Waals surface area contributed by atoms with Gasteiger partial charge in [-0.1, -0.05) is 12.2 Å². The topological polar surface area (TPSA) is 72.8 Å². The van der Waals surface area contributed by atoms with E-state index in [0.717, 1.165) is 5.57 Å². The third kappa shape index (κ3) is 9.59. The van der Waals surface area contributed by atoms with E-state index in [1.165, 1.54) is 7.11 Å². The van der Waals surface area contributed by atoms with Gasteiger partial charge in [-0.15, -0.1) is 0 Å². The summed E-state index contributed by atoms with van der Waals surface area (Å²) in [7, 11) is 1.33. The lowest BCUT2D eigenvalue weighted by Crippen LogP contribution is -2.10. The van der Waals surface area contributed by atoms with Gasteiger partial charge < -0.3 is 14.6 Å². The first kappa shape index (κ1) is 18.7. The number of ether oxygens (including phenoxy) is 2. The third-order valence-electron chi connectivity index (χ3n) is 1.91. The molecule has 104 valence electrons. The van der Waals surface area contributed by atoms with Crippen LogP contribution in [-0.2, 0) is 19.1 Å². The molecule has 0 aromatic carbocycles. The fraction of sp³-hybridized carbons (Fsp3) is 0.538. The molecule has 0 saturated heterocycles. The molecule has 18 heavy (non-hydrogen) atoms. The smallest absolute Gasteiger partial charge is 0.333 e. The number of methoxy groups -OCH3 is 1. The molecule has 0 atom stereocenters. The molecule has 0 radical (unpaired) electrons. The summed E-state index contributed by atoms with van der Waals surface area (Å²) in [6.45, 7) is 10.3. The molecule has 0 fully saturated rings. The Morgan fingerprint density at radius 3 is 1.83 bits per heavy atom. The Morgan fingerprint density at radius 2 is 1.61 bits per heavy atom. The van der Waals surface area contributed by atoms with Crippen LogP contribution in [0.4, 0.5) is 0 Å². The van der Waals surface area contributed by atoms with Gasteiger partial charge in [0.25, 0.3) is 0 Å². The maximum Gasteiger partial charge on any atom is 0.333 e. The summed E-state index contributed by atoms with van der Waals surface area (Å²) in [6, 6.07) is 0. The minimum Gasteiger partial charge on any atom is -0.466 e. The Balaban J connectivity index is 0. The van der Waals surface area contributed by atoms with Crippen LogP contribution in [0.2, 0.25) is 0 Å². The van der Waals surface area contributed by atoms with Gasteiger partial charge in [-0.25, -0.2) is 9.59 Å². The zero-order valence-corrected chi connectivity index (χ0v) is 11.7. The van der Waals surface area contributed by atoms with E-state index in [1.807, 2.05) is 13.8 Å². The number of aliphatic hydroxyl groups excluding tert-OH is 1. The minimum atomic E-state index is -0.348. The van der Waals surface area contributed by atoms with E-state index in [4.69, 9.17) is 5.11 Å². The highest BCUT2D eigenvalue weighted by atomic mass is 16.5. The molecule has 0 aromatic rings. The number of allylic oxidation sites excluding steroid dienone is 1. The molecule has 0 amide bonds. The van der Waals surface area contributed by atoms with Gasteiger partial charge >= 0.3 is 11.9 Å². The van der Waals surface area contributed by atoms with Crippen LogP contribution in [0.1, 0.15) is 27.7 Å². The maximum atomic E-state index is 11.0. The normalized spacial score (nSPS) is 8.56. The maximum absolute atomic E-state index is 11.0.